The minimum atomic E-state index is -5.11. The summed E-state index contributed by atoms with van der Waals surface area (Å²) < 4.78 is 57.3. The Morgan fingerprint density at radius 2 is 1.67 bits per heavy atom. The molecule has 2 aromatic carbocycles. The van der Waals surface area contributed by atoms with Gasteiger partial charge in [-0.2, -0.15) is 13.2 Å². The van der Waals surface area contributed by atoms with Crippen LogP contribution in [0.3, 0.4) is 0 Å². The summed E-state index contributed by atoms with van der Waals surface area (Å²) in [6.07, 6.45) is -4.19. The van der Waals surface area contributed by atoms with E-state index in [0.717, 1.165) is 42.0 Å². The van der Waals surface area contributed by atoms with Gasteiger partial charge in [0.05, 0.1) is 5.56 Å². The van der Waals surface area contributed by atoms with Crippen molar-refractivity contribution in [3.63, 3.8) is 0 Å². The molecule has 3 rings (SSSR count). The van der Waals surface area contributed by atoms with E-state index in [0.29, 0.717) is 5.56 Å². The molecule has 0 bridgehead atoms. The number of hydrogen-bond acceptors (Lipinski definition) is 3. The number of halogens is 5. The molecule has 0 saturated carbocycles. The quantitative estimate of drug-likeness (QED) is 0.495. The number of pyridine rings is 1. The highest BCUT2D eigenvalue weighted by molar-refractivity contribution is 6.31. The average Bonchev–Trinajstić information content (AvgIpc) is 2.73. The molecular formula is C23H18ClF4NO4. The highest BCUT2D eigenvalue weighted by Gasteiger charge is 2.59. The Balaban J connectivity index is 2.08. The number of aromatic nitrogens is 1. The fourth-order valence-corrected chi connectivity index (χ4v) is 3.97. The van der Waals surface area contributed by atoms with Crippen molar-refractivity contribution < 1.29 is 32.6 Å². The minimum Gasteiger partial charge on any atom is -0.478 e. The topological polar surface area (TPSA) is 79.5 Å². The maximum atomic E-state index is 14.1. The van der Waals surface area contributed by atoms with Gasteiger partial charge in [-0.25, -0.2) is 9.18 Å². The molecule has 0 fully saturated rings. The molecule has 10 heteroatoms. The molecule has 0 amide bonds. The van der Waals surface area contributed by atoms with E-state index in [4.69, 9.17) is 16.7 Å². The zero-order valence-corrected chi connectivity index (χ0v) is 18.1. The number of alkyl halides is 3. The van der Waals surface area contributed by atoms with Crippen molar-refractivity contribution in [1.82, 2.24) is 4.57 Å². The molecule has 0 aliphatic heterocycles. The largest absolute Gasteiger partial charge is 0.478 e. The molecule has 0 aliphatic carbocycles. The van der Waals surface area contributed by atoms with Crippen LogP contribution in [0.2, 0.25) is 5.02 Å². The second kappa shape index (κ2) is 8.64. The lowest BCUT2D eigenvalue weighted by Crippen LogP contribution is -2.47. The van der Waals surface area contributed by atoms with Crippen molar-refractivity contribution in [3.8, 4) is 11.1 Å². The molecule has 1 heterocycles. The van der Waals surface area contributed by atoms with E-state index in [2.05, 4.69) is 0 Å². The summed E-state index contributed by atoms with van der Waals surface area (Å²) in [4.78, 5) is 22.6. The van der Waals surface area contributed by atoms with Crippen LogP contribution >= 0.6 is 11.6 Å². The number of rotatable bonds is 5. The van der Waals surface area contributed by atoms with Gasteiger partial charge in [0.1, 0.15) is 5.82 Å². The summed E-state index contributed by atoms with van der Waals surface area (Å²) in [5.74, 6) is -4.00. The summed E-state index contributed by atoms with van der Waals surface area (Å²) in [5.41, 5.74) is -4.39. The second-order valence-electron chi connectivity index (χ2n) is 7.59. The number of nitrogens with zero attached hydrogens (tertiary/aromatic N) is 1. The van der Waals surface area contributed by atoms with Crippen LogP contribution < -0.4 is 5.56 Å². The monoisotopic (exact) mass is 483 g/mol. The first kappa shape index (κ1) is 24.5. The Hall–Kier alpha value is -3.17. The third kappa shape index (κ3) is 4.38. The van der Waals surface area contributed by atoms with Gasteiger partial charge in [-0.1, -0.05) is 36.7 Å². The second-order valence-corrected chi connectivity index (χ2v) is 8.00. The van der Waals surface area contributed by atoms with Gasteiger partial charge < -0.3 is 14.8 Å². The van der Waals surface area contributed by atoms with Crippen molar-refractivity contribution in [2.24, 2.45) is 7.05 Å². The van der Waals surface area contributed by atoms with Crippen molar-refractivity contribution in [3.05, 3.63) is 92.6 Å². The first-order valence-corrected chi connectivity index (χ1v) is 9.94. The van der Waals surface area contributed by atoms with Gasteiger partial charge in [0.25, 0.3) is 0 Å². The average molecular weight is 484 g/mol. The molecule has 0 radical (unpaired) electrons. The van der Waals surface area contributed by atoms with Crippen molar-refractivity contribution in [1.29, 1.82) is 0 Å². The Morgan fingerprint density at radius 3 is 2.18 bits per heavy atom. The maximum absolute atomic E-state index is 14.1. The Morgan fingerprint density at radius 1 is 1.06 bits per heavy atom. The van der Waals surface area contributed by atoms with Crippen LogP contribution in [0.15, 0.2) is 59.5 Å². The van der Waals surface area contributed by atoms with Crippen molar-refractivity contribution in [2.75, 3.05) is 0 Å². The molecule has 0 unspecified atom stereocenters. The van der Waals surface area contributed by atoms with Crippen LogP contribution in [0, 0.1) is 5.82 Å². The van der Waals surface area contributed by atoms with E-state index < -0.39 is 46.2 Å². The lowest BCUT2D eigenvalue weighted by atomic mass is 9.78. The highest BCUT2D eigenvalue weighted by atomic mass is 35.5. The molecule has 0 aliphatic rings. The Kier molecular flexibility index (Phi) is 6.41. The normalized spacial score (nSPS) is 14.5. The van der Waals surface area contributed by atoms with Crippen molar-refractivity contribution in [2.45, 2.75) is 24.6 Å². The zero-order chi connectivity index (χ0) is 24.7. The van der Waals surface area contributed by atoms with Crippen molar-refractivity contribution >= 4 is 17.6 Å². The predicted octanol–water partition coefficient (Wildman–Crippen LogP) is 5.10. The van der Waals surface area contributed by atoms with E-state index in [9.17, 15) is 32.3 Å². The Labute approximate surface area is 190 Å². The third-order valence-electron chi connectivity index (χ3n) is 5.58. The fourth-order valence-electron chi connectivity index (χ4n) is 3.63. The lowest BCUT2D eigenvalue weighted by molar-refractivity contribution is -0.274. The van der Waals surface area contributed by atoms with Crippen LogP contribution in [0.4, 0.5) is 17.6 Å². The number of carbonyl (C=O) groups is 1. The number of carboxylic acids is 1. The summed E-state index contributed by atoms with van der Waals surface area (Å²) in [7, 11) is 1.27. The predicted molar refractivity (Wildman–Crippen MR) is 114 cm³/mol. The van der Waals surface area contributed by atoms with E-state index in [1.54, 1.807) is 0 Å². The highest BCUT2D eigenvalue weighted by Crippen LogP contribution is 2.49. The summed E-state index contributed by atoms with van der Waals surface area (Å²) in [6, 6.07) is 9.22. The smallest absolute Gasteiger partial charge is 0.422 e. The van der Waals surface area contributed by atoms with Crippen LogP contribution in [-0.2, 0) is 12.6 Å². The number of benzene rings is 2. The lowest BCUT2D eigenvalue weighted by Gasteiger charge is -2.37. The fraction of sp³-hybridized carbons (Fsp3) is 0.217. The molecule has 5 nitrogen and oxygen atoms in total. The number of aliphatic hydroxyl groups is 1. The van der Waals surface area contributed by atoms with Gasteiger partial charge >= 0.3 is 12.1 Å². The number of aromatic carboxylic acids is 1. The van der Waals surface area contributed by atoms with Crippen LogP contribution in [0.25, 0.3) is 11.1 Å². The first-order chi connectivity index (χ1) is 15.3. The summed E-state index contributed by atoms with van der Waals surface area (Å²) in [5, 5.41) is 19.7. The van der Waals surface area contributed by atoms with Gasteiger partial charge in [-0.05, 0) is 41.0 Å². The van der Waals surface area contributed by atoms with Crippen LogP contribution in [0.1, 0.15) is 34.3 Å². The SMILES string of the molecule is C[C@@H](c1ccc(-c2ccc(C(=O)O)c(F)c2)cc1Cl)[C@](O)(c1ccc(=O)n(C)c1)C(F)(F)F. The number of aryl methyl sites for hydroxylation is 1. The van der Waals surface area contributed by atoms with Gasteiger partial charge in [0.15, 0.2) is 5.60 Å². The molecule has 1 aromatic heterocycles. The van der Waals surface area contributed by atoms with E-state index in [1.165, 1.54) is 31.3 Å². The van der Waals surface area contributed by atoms with Gasteiger partial charge in [-0.15, -0.1) is 0 Å². The summed E-state index contributed by atoms with van der Waals surface area (Å²) >= 11 is 6.27. The van der Waals surface area contributed by atoms with Crippen LogP contribution in [0.5, 0.6) is 0 Å². The molecule has 33 heavy (non-hydrogen) atoms. The number of hydrogen-bond donors (Lipinski definition) is 2. The van der Waals surface area contributed by atoms with Gasteiger partial charge in [-0.3, -0.25) is 4.79 Å². The Bertz CT molecular complexity index is 1290. The molecule has 3 aromatic rings. The maximum Gasteiger partial charge on any atom is 0.422 e. The number of carboxylic acid groups (broad SMARTS) is 1. The minimum absolute atomic E-state index is 0.0308. The van der Waals surface area contributed by atoms with Gasteiger partial charge in [0, 0.05) is 35.8 Å². The molecule has 2 atom stereocenters. The summed E-state index contributed by atoms with van der Waals surface area (Å²) in [6.45, 7) is 1.15. The molecule has 174 valence electrons. The molecular weight excluding hydrogens is 466 g/mol. The zero-order valence-electron chi connectivity index (χ0n) is 17.3. The standard InChI is InChI=1S/C23H18ClF4NO4/c1-12(22(33,23(26,27)28)15-5-8-20(30)29(2)11-15)16-6-3-13(9-18(16)24)14-4-7-17(21(31)32)19(25)10-14/h3-12,33H,1-2H3,(H,31,32)/t12-,22-/m0/s1. The van der Waals surface area contributed by atoms with Gasteiger partial charge in [0.2, 0.25) is 5.56 Å². The van der Waals surface area contributed by atoms with E-state index in [-0.39, 0.29) is 16.1 Å². The molecule has 0 spiro atoms. The van der Waals surface area contributed by atoms with E-state index >= 15 is 0 Å². The third-order valence-corrected chi connectivity index (χ3v) is 5.91. The molecule has 2 N–H and O–H groups in total. The van der Waals surface area contributed by atoms with E-state index in [1.807, 2.05) is 0 Å². The first-order valence-electron chi connectivity index (χ1n) is 9.56. The van der Waals surface area contributed by atoms with Crippen LogP contribution in [-0.4, -0.2) is 26.9 Å². The molecule has 0 saturated heterocycles.